The van der Waals surface area contributed by atoms with Crippen LogP contribution in [0.1, 0.15) is 41.9 Å². The van der Waals surface area contributed by atoms with Gasteiger partial charge in [0.05, 0.1) is 19.1 Å². The summed E-state index contributed by atoms with van der Waals surface area (Å²) in [5.41, 5.74) is 6.50. The third-order valence-electron chi connectivity index (χ3n) is 6.33. The summed E-state index contributed by atoms with van der Waals surface area (Å²) < 4.78 is 12.1. The maximum atomic E-state index is 12.8. The minimum absolute atomic E-state index is 0.0486. The number of fused-ring (bicyclic) bond motifs is 1. The van der Waals surface area contributed by atoms with Crippen LogP contribution in [0.2, 0.25) is 0 Å². The van der Waals surface area contributed by atoms with Crippen LogP contribution in [-0.2, 0) is 9.53 Å². The van der Waals surface area contributed by atoms with Crippen molar-refractivity contribution < 1.29 is 29.0 Å². The molecule has 5 N–H and O–H groups in total. The number of anilines is 1. The summed E-state index contributed by atoms with van der Waals surface area (Å²) in [6, 6.07) is 0.0625. The average Bonchev–Trinajstić information content (AvgIpc) is 3.57. The summed E-state index contributed by atoms with van der Waals surface area (Å²) in [6.07, 6.45) is 1.39. The van der Waals surface area contributed by atoms with E-state index in [1.807, 2.05) is 0 Å². The second-order valence-electron chi connectivity index (χ2n) is 8.48. The lowest BCUT2D eigenvalue weighted by atomic mass is 9.91. The summed E-state index contributed by atoms with van der Waals surface area (Å²) in [7, 11) is 1.40. The van der Waals surface area contributed by atoms with Crippen molar-refractivity contribution in [2.24, 2.45) is 0 Å². The van der Waals surface area contributed by atoms with E-state index in [1.165, 1.54) is 30.5 Å². The lowest BCUT2D eigenvalue weighted by molar-refractivity contribution is -0.137. The molecule has 4 atom stereocenters. The van der Waals surface area contributed by atoms with E-state index in [9.17, 15) is 19.8 Å². The molecule has 1 saturated carbocycles. The molecule has 188 valence electrons. The van der Waals surface area contributed by atoms with Gasteiger partial charge in [-0.15, -0.1) is 0 Å². The smallest absolute Gasteiger partial charge is 0.292 e. The lowest BCUT2D eigenvalue weighted by Crippen LogP contribution is -2.44. The first kappa shape index (κ1) is 23.7. The van der Waals surface area contributed by atoms with Gasteiger partial charge in [0.25, 0.3) is 11.8 Å². The number of nitrogens with two attached hydrogens (primary N) is 1. The fourth-order valence-electron chi connectivity index (χ4n) is 4.16. The number of carbonyl (C=O) groups is 2. The molecule has 0 spiro atoms. The highest BCUT2D eigenvalue weighted by atomic mass is 16.6. The first-order valence-electron chi connectivity index (χ1n) is 11.3. The molecule has 0 aromatic carbocycles. The van der Waals surface area contributed by atoms with Gasteiger partial charge >= 0.3 is 0 Å². The van der Waals surface area contributed by atoms with E-state index in [4.69, 9.17) is 14.9 Å². The summed E-state index contributed by atoms with van der Waals surface area (Å²) in [4.78, 5) is 43.0. The number of nitrogen functional groups attached to an aromatic ring is 1. The molecule has 0 bridgehead atoms. The Morgan fingerprint density at radius 1 is 1.31 bits per heavy atom. The van der Waals surface area contributed by atoms with Gasteiger partial charge in [-0.3, -0.25) is 14.2 Å². The summed E-state index contributed by atoms with van der Waals surface area (Å²) in [6.45, 7) is 0.120. The molecule has 1 aliphatic heterocycles. The van der Waals surface area contributed by atoms with E-state index in [0.29, 0.717) is 0 Å². The first-order valence-corrected chi connectivity index (χ1v) is 11.3. The Kier molecular flexibility index (Phi) is 6.27. The summed E-state index contributed by atoms with van der Waals surface area (Å²) in [5, 5.41) is 23.2. The van der Waals surface area contributed by atoms with Crippen molar-refractivity contribution in [1.29, 1.82) is 0 Å². The predicted molar refractivity (Wildman–Crippen MR) is 122 cm³/mol. The van der Waals surface area contributed by atoms with Crippen LogP contribution in [0.25, 0.3) is 11.2 Å². The van der Waals surface area contributed by atoms with Crippen molar-refractivity contribution in [3.05, 3.63) is 30.5 Å². The molecule has 2 unspecified atom stereocenters. The van der Waals surface area contributed by atoms with Crippen LogP contribution >= 0.6 is 0 Å². The van der Waals surface area contributed by atoms with Gasteiger partial charge in [0, 0.05) is 13.1 Å². The summed E-state index contributed by atoms with van der Waals surface area (Å²) >= 11 is 0. The molecule has 1 saturated heterocycles. The molecule has 2 amide bonds. The van der Waals surface area contributed by atoms with Crippen molar-refractivity contribution in [2.75, 3.05) is 19.3 Å². The average molecular weight is 496 g/mol. The van der Waals surface area contributed by atoms with Crippen molar-refractivity contribution in [1.82, 2.24) is 34.7 Å². The number of hydrogen-bond acceptors (Lipinski definition) is 11. The third kappa shape index (κ3) is 4.13. The van der Waals surface area contributed by atoms with Crippen LogP contribution in [0.3, 0.4) is 0 Å². The van der Waals surface area contributed by atoms with Gasteiger partial charge in [-0.1, -0.05) is 5.92 Å². The lowest BCUT2D eigenvalue weighted by Gasteiger charge is -2.35. The minimum atomic E-state index is -1.45. The van der Waals surface area contributed by atoms with Crippen LogP contribution in [0, 0.1) is 11.8 Å². The van der Waals surface area contributed by atoms with Crippen LogP contribution in [-0.4, -0.2) is 89.4 Å². The molecule has 1 aliphatic carbocycles. The Balaban J connectivity index is 1.41. The molecule has 14 heteroatoms. The molecule has 3 aromatic rings. The molecule has 4 heterocycles. The molecule has 2 fully saturated rings. The minimum Gasteiger partial charge on any atom is -0.438 e. The van der Waals surface area contributed by atoms with Crippen LogP contribution in [0.15, 0.2) is 23.3 Å². The maximum absolute atomic E-state index is 12.8. The second-order valence-corrected chi connectivity index (χ2v) is 8.48. The van der Waals surface area contributed by atoms with Gasteiger partial charge in [0.2, 0.25) is 11.6 Å². The Bertz CT molecular complexity index is 1340. The van der Waals surface area contributed by atoms with Gasteiger partial charge in [-0.2, -0.15) is 0 Å². The zero-order valence-electron chi connectivity index (χ0n) is 19.2. The quantitative estimate of drug-likeness (QED) is 0.310. The van der Waals surface area contributed by atoms with Crippen molar-refractivity contribution in [3.8, 4) is 11.8 Å². The second kappa shape index (κ2) is 9.53. The van der Waals surface area contributed by atoms with Crippen molar-refractivity contribution >= 4 is 28.8 Å². The Hall–Kier alpha value is -4.06. The maximum Gasteiger partial charge on any atom is 0.292 e. The highest BCUT2D eigenvalue weighted by Gasteiger charge is 2.47. The first-order chi connectivity index (χ1) is 17.4. The largest absolute Gasteiger partial charge is 0.438 e. The van der Waals surface area contributed by atoms with Gasteiger partial charge in [0.15, 0.2) is 30.2 Å². The molecular weight excluding hydrogens is 472 g/mol. The Morgan fingerprint density at radius 2 is 2.11 bits per heavy atom. The Labute approximate surface area is 204 Å². The van der Waals surface area contributed by atoms with E-state index < -0.39 is 30.4 Å². The zero-order chi connectivity index (χ0) is 25.4. The van der Waals surface area contributed by atoms with Crippen molar-refractivity contribution in [3.63, 3.8) is 0 Å². The van der Waals surface area contributed by atoms with E-state index in [1.54, 1.807) is 4.90 Å². The van der Waals surface area contributed by atoms with Gasteiger partial charge < -0.3 is 35.3 Å². The van der Waals surface area contributed by atoms with Crippen LogP contribution in [0.5, 0.6) is 0 Å². The third-order valence-corrected chi connectivity index (χ3v) is 6.33. The number of aliphatic hydroxyl groups is 2. The molecule has 2 aliphatic rings. The topological polar surface area (TPSA) is 195 Å². The van der Waals surface area contributed by atoms with Gasteiger partial charge in [-0.05, 0) is 25.2 Å². The number of aromatic nitrogens is 5. The molecule has 14 nitrogen and oxygen atoms in total. The number of oxazole rings is 1. The normalized spacial score (nSPS) is 23.6. The predicted octanol–water partition coefficient (Wildman–Crippen LogP) is -1.19. The fourth-order valence-corrected chi connectivity index (χ4v) is 4.16. The number of carbonyl (C=O) groups excluding carboxylic acids is 2. The number of imidazole rings is 1. The highest BCUT2D eigenvalue weighted by molar-refractivity contribution is 5.91. The summed E-state index contributed by atoms with van der Waals surface area (Å²) in [5.74, 6) is 5.13. The number of rotatable bonds is 5. The number of likely N-dealkylation sites (N-methyl/N-ethyl adjacent to an activating group) is 1. The van der Waals surface area contributed by atoms with Crippen LogP contribution < -0.4 is 11.1 Å². The highest BCUT2D eigenvalue weighted by Crippen LogP contribution is 2.32. The molecule has 0 radical (unpaired) electrons. The van der Waals surface area contributed by atoms with Crippen LogP contribution in [0.4, 0.5) is 5.82 Å². The van der Waals surface area contributed by atoms with Gasteiger partial charge in [0.1, 0.15) is 17.7 Å². The SMILES string of the molecule is CNC(=O)C1OC(n2cnc3c(N)nc(C#CCN(C(=O)c4cnco4)C4CCC4)nc32)[C@H](O)[C@@H]1O. The number of hydrogen-bond donors (Lipinski definition) is 4. The fraction of sp³-hybridized carbons (Fsp3) is 0.455. The number of ether oxygens (including phenoxy) is 1. The Morgan fingerprint density at radius 3 is 2.78 bits per heavy atom. The molecule has 3 aromatic heterocycles. The van der Waals surface area contributed by atoms with E-state index in [-0.39, 0.29) is 47.1 Å². The number of aliphatic hydroxyl groups excluding tert-OH is 2. The zero-order valence-corrected chi connectivity index (χ0v) is 19.2. The molecule has 36 heavy (non-hydrogen) atoms. The van der Waals surface area contributed by atoms with E-state index in [0.717, 1.165) is 19.3 Å². The standard InChI is InChI=1S/C22H24N8O6/c1-24-20(33)17-15(31)16(32)22(36-17)30-9-26-14-18(23)27-13(28-19(14)30)6-3-7-29(11-4-2-5-11)21(34)12-8-25-10-35-12/h8-11,15-17,22,31-32H,2,4-5,7H2,1H3,(H,24,33)(H2,23,27,28)/t15-,16+,17?,22?/m0/s1. The van der Waals surface area contributed by atoms with Gasteiger partial charge in [-0.25, -0.2) is 19.9 Å². The van der Waals surface area contributed by atoms with Crippen molar-refractivity contribution in [2.45, 2.75) is 49.8 Å². The number of nitrogens with zero attached hydrogens (tertiary/aromatic N) is 6. The number of amides is 2. The molecule has 5 rings (SSSR count). The number of nitrogens with one attached hydrogen (secondary N) is 1. The molecular formula is C22H24N8O6. The van der Waals surface area contributed by atoms with E-state index in [2.05, 4.69) is 37.1 Å². The monoisotopic (exact) mass is 496 g/mol. The van der Waals surface area contributed by atoms with E-state index >= 15 is 0 Å².